The van der Waals surface area contributed by atoms with Crippen molar-refractivity contribution in [3.63, 3.8) is 0 Å². The van der Waals surface area contributed by atoms with E-state index in [-0.39, 0.29) is 10.7 Å². The van der Waals surface area contributed by atoms with E-state index in [1.807, 2.05) is 19.1 Å². The van der Waals surface area contributed by atoms with Crippen LogP contribution in [0.15, 0.2) is 46.4 Å². The van der Waals surface area contributed by atoms with Crippen molar-refractivity contribution in [3.05, 3.63) is 62.6 Å². The summed E-state index contributed by atoms with van der Waals surface area (Å²) in [5.74, 6) is 0.108. The first kappa shape index (κ1) is 23.2. The molecule has 0 unspecified atom stereocenters. The summed E-state index contributed by atoms with van der Waals surface area (Å²) in [6.45, 7) is 2.60. The molecule has 1 saturated heterocycles. The Balaban J connectivity index is 1.93. The molecular weight excluding hydrogens is 504 g/mol. The average molecular weight is 524 g/mol. The van der Waals surface area contributed by atoms with Crippen molar-refractivity contribution < 1.29 is 19.1 Å². The quantitative estimate of drug-likeness (QED) is 0.313. The molecule has 31 heavy (non-hydrogen) atoms. The number of benzene rings is 2. The van der Waals surface area contributed by atoms with Crippen molar-refractivity contribution >= 4 is 62.8 Å². The molecule has 0 radical (unpaired) electrons. The maximum absolute atomic E-state index is 12.6. The molecule has 0 atom stereocenters. The van der Waals surface area contributed by atoms with Crippen molar-refractivity contribution in [2.45, 2.75) is 13.5 Å². The van der Waals surface area contributed by atoms with E-state index in [1.54, 1.807) is 24.3 Å². The van der Waals surface area contributed by atoms with Crippen molar-refractivity contribution in [2.75, 3.05) is 20.7 Å². The van der Waals surface area contributed by atoms with Crippen molar-refractivity contribution in [1.29, 1.82) is 0 Å². The second-order valence-electron chi connectivity index (χ2n) is 6.75. The molecule has 9 heteroatoms. The minimum Gasteiger partial charge on any atom is -0.490 e. The molecule has 0 aliphatic carbocycles. The smallest absolute Gasteiger partial charge is 0.265 e. The third-order valence-electron chi connectivity index (χ3n) is 4.58. The van der Waals surface area contributed by atoms with Gasteiger partial charge in [-0.05, 0) is 76.5 Å². The highest BCUT2D eigenvalue weighted by Gasteiger charge is 2.35. The fourth-order valence-corrected chi connectivity index (χ4v) is 3.82. The summed E-state index contributed by atoms with van der Waals surface area (Å²) in [5, 5.41) is 0.815. The minimum atomic E-state index is -0.453. The van der Waals surface area contributed by atoms with E-state index >= 15 is 0 Å². The topological polar surface area (TPSA) is 59.1 Å². The summed E-state index contributed by atoms with van der Waals surface area (Å²) < 4.78 is 12.4. The van der Waals surface area contributed by atoms with Gasteiger partial charge in [0.1, 0.15) is 12.2 Å². The normalized spacial score (nSPS) is 14.2. The molecule has 1 fully saturated rings. The van der Waals surface area contributed by atoms with Crippen LogP contribution in [0.5, 0.6) is 11.5 Å². The van der Waals surface area contributed by atoms with Crippen molar-refractivity contribution in [3.8, 4) is 11.5 Å². The molecule has 2 aromatic carbocycles. The van der Waals surface area contributed by atoms with Crippen LogP contribution in [0.3, 0.4) is 0 Å². The molecule has 2 aromatic rings. The molecule has 3 rings (SSSR count). The number of hydrogen-bond donors (Lipinski definition) is 0. The number of carbonyl (C=O) groups excluding carboxylic acids is 2. The largest absolute Gasteiger partial charge is 0.490 e. The first-order valence-electron chi connectivity index (χ1n) is 9.38. The Bertz CT molecular complexity index is 1050. The fraction of sp³-hybridized carbons (Fsp3) is 0.227. The van der Waals surface area contributed by atoms with Crippen molar-refractivity contribution in [2.24, 2.45) is 0 Å². The highest BCUT2D eigenvalue weighted by molar-refractivity contribution is 9.10. The SMILES string of the molecule is CCOc1cc(C=C2C(=O)N(C)C(=S)N(C)C2=O)cc(Br)c1OCc1ccc(Cl)cc1. The third kappa shape index (κ3) is 5.08. The molecule has 2 amide bonds. The minimum absolute atomic E-state index is 0.0165. The Morgan fingerprint density at radius 1 is 1.06 bits per heavy atom. The molecule has 0 saturated carbocycles. The highest BCUT2D eigenvalue weighted by atomic mass is 79.9. The maximum atomic E-state index is 12.6. The van der Waals surface area contributed by atoms with Gasteiger partial charge in [0.05, 0.1) is 11.1 Å². The van der Waals surface area contributed by atoms with E-state index in [0.717, 1.165) is 5.56 Å². The van der Waals surface area contributed by atoms with E-state index in [4.69, 9.17) is 33.3 Å². The maximum Gasteiger partial charge on any atom is 0.265 e. The van der Waals surface area contributed by atoms with Gasteiger partial charge in [-0.1, -0.05) is 23.7 Å². The van der Waals surface area contributed by atoms with E-state index < -0.39 is 11.8 Å². The predicted molar refractivity (Wildman–Crippen MR) is 127 cm³/mol. The van der Waals surface area contributed by atoms with Gasteiger partial charge in [0.15, 0.2) is 16.6 Å². The molecule has 1 heterocycles. The van der Waals surface area contributed by atoms with Crippen LogP contribution in [0.2, 0.25) is 5.02 Å². The van der Waals surface area contributed by atoms with Crippen LogP contribution < -0.4 is 9.47 Å². The van der Waals surface area contributed by atoms with Gasteiger partial charge in [0.25, 0.3) is 11.8 Å². The van der Waals surface area contributed by atoms with Gasteiger partial charge in [-0.2, -0.15) is 0 Å². The van der Waals surface area contributed by atoms with Crippen LogP contribution in [0.1, 0.15) is 18.1 Å². The van der Waals surface area contributed by atoms with Crippen LogP contribution in [0, 0.1) is 0 Å². The molecule has 6 nitrogen and oxygen atoms in total. The number of hydrogen-bond acceptors (Lipinski definition) is 5. The first-order chi connectivity index (χ1) is 14.7. The Labute approximate surface area is 199 Å². The number of nitrogens with zero attached hydrogens (tertiary/aromatic N) is 2. The van der Waals surface area contributed by atoms with Crippen molar-refractivity contribution in [1.82, 2.24) is 9.80 Å². The highest BCUT2D eigenvalue weighted by Crippen LogP contribution is 2.38. The molecule has 162 valence electrons. The number of amides is 2. The lowest BCUT2D eigenvalue weighted by molar-refractivity contribution is -0.132. The van der Waals surface area contributed by atoms with Crippen LogP contribution in [-0.2, 0) is 16.2 Å². The van der Waals surface area contributed by atoms with Gasteiger partial charge in [0, 0.05) is 19.1 Å². The molecule has 1 aliphatic rings. The Morgan fingerprint density at radius 3 is 2.26 bits per heavy atom. The van der Waals surface area contributed by atoms with Gasteiger partial charge in [-0.25, -0.2) is 0 Å². The lowest BCUT2D eigenvalue weighted by atomic mass is 10.1. The number of ether oxygens (including phenoxy) is 2. The van der Waals surface area contributed by atoms with Gasteiger partial charge in [0.2, 0.25) is 0 Å². The van der Waals surface area contributed by atoms with Gasteiger partial charge >= 0.3 is 0 Å². The number of carbonyl (C=O) groups is 2. The molecule has 1 aliphatic heterocycles. The van der Waals surface area contributed by atoms with Crippen LogP contribution in [-0.4, -0.2) is 47.4 Å². The standard InChI is InChI=1S/C22H20BrClN2O4S/c1-4-29-18-11-14(9-16-20(27)25(2)22(31)26(3)21(16)28)10-17(23)19(18)30-12-13-5-7-15(24)8-6-13/h5-11H,4,12H2,1-3H3. The van der Waals surface area contributed by atoms with Crippen LogP contribution in [0.4, 0.5) is 0 Å². The number of thiocarbonyl (C=S) groups is 1. The second kappa shape index (κ2) is 9.80. The van der Waals surface area contributed by atoms with E-state index in [2.05, 4.69) is 15.9 Å². The second-order valence-corrected chi connectivity index (χ2v) is 8.40. The summed E-state index contributed by atoms with van der Waals surface area (Å²) in [7, 11) is 3.08. The first-order valence-corrected chi connectivity index (χ1v) is 11.0. The summed E-state index contributed by atoms with van der Waals surface area (Å²) in [5.41, 5.74) is 1.58. The summed E-state index contributed by atoms with van der Waals surface area (Å²) in [6.07, 6.45) is 1.52. The predicted octanol–water partition coefficient (Wildman–Crippen LogP) is 4.68. The Kier molecular flexibility index (Phi) is 7.35. The Hall–Kier alpha value is -2.42. The van der Waals surface area contributed by atoms with Gasteiger partial charge < -0.3 is 9.47 Å². The zero-order valence-electron chi connectivity index (χ0n) is 17.1. The molecule has 0 bridgehead atoms. The molecule has 0 aromatic heterocycles. The summed E-state index contributed by atoms with van der Waals surface area (Å²) in [6, 6.07) is 10.9. The van der Waals surface area contributed by atoms with E-state index in [9.17, 15) is 9.59 Å². The Morgan fingerprint density at radius 2 is 1.68 bits per heavy atom. The number of halogens is 2. The molecule has 0 spiro atoms. The van der Waals surface area contributed by atoms with Gasteiger partial charge in [-0.15, -0.1) is 0 Å². The molecular formula is C22H20BrClN2O4S. The number of likely N-dealkylation sites (N-methyl/N-ethyl adjacent to an activating group) is 2. The fourth-order valence-electron chi connectivity index (χ4n) is 2.95. The molecule has 0 N–H and O–H groups in total. The third-order valence-corrected chi connectivity index (χ3v) is 5.97. The van der Waals surface area contributed by atoms with E-state index in [0.29, 0.717) is 39.8 Å². The van der Waals surface area contributed by atoms with Crippen LogP contribution >= 0.6 is 39.7 Å². The van der Waals surface area contributed by atoms with Crippen LogP contribution in [0.25, 0.3) is 6.08 Å². The summed E-state index contributed by atoms with van der Waals surface area (Å²) >= 11 is 14.6. The monoisotopic (exact) mass is 522 g/mol. The lowest BCUT2D eigenvalue weighted by Gasteiger charge is -2.31. The lowest BCUT2D eigenvalue weighted by Crippen LogP contribution is -2.52. The average Bonchev–Trinajstić information content (AvgIpc) is 2.75. The van der Waals surface area contributed by atoms with E-state index in [1.165, 1.54) is 30.0 Å². The van der Waals surface area contributed by atoms with Gasteiger partial charge in [-0.3, -0.25) is 19.4 Å². The zero-order chi connectivity index (χ0) is 22.7. The zero-order valence-corrected chi connectivity index (χ0v) is 20.3. The summed E-state index contributed by atoms with van der Waals surface area (Å²) in [4.78, 5) is 27.7. The number of rotatable bonds is 6.